The molecule has 5 rings (SSSR count). The maximum atomic E-state index is 4.87. The molecule has 4 heteroatoms. The van der Waals surface area contributed by atoms with E-state index < -0.39 is 0 Å². The van der Waals surface area contributed by atoms with Crippen molar-refractivity contribution >= 4 is 57.5 Å². The number of benzene rings is 3. The molecule has 0 radical (unpaired) electrons. The first-order valence-corrected chi connectivity index (χ1v) is 12.1. The smallest absolute Gasteiger partial charge is 0.0731 e. The molecule has 0 saturated carbocycles. The van der Waals surface area contributed by atoms with E-state index in [0.29, 0.717) is 0 Å². The molecule has 0 spiro atoms. The summed E-state index contributed by atoms with van der Waals surface area (Å²) < 4.78 is 0. The third kappa shape index (κ3) is 5.28. The van der Waals surface area contributed by atoms with E-state index in [1.54, 1.807) is 0 Å². The lowest BCUT2D eigenvalue weighted by Gasteiger charge is -2.11. The zero-order valence-electron chi connectivity index (χ0n) is 21.2. The molecule has 2 aromatic heterocycles. The summed E-state index contributed by atoms with van der Waals surface area (Å²) in [5.41, 5.74) is 8.41. The number of fused-ring (bicyclic) bond motifs is 2. The van der Waals surface area contributed by atoms with E-state index >= 15 is 0 Å². The highest BCUT2D eigenvalue weighted by Crippen LogP contribution is 2.23. The van der Waals surface area contributed by atoms with Gasteiger partial charge in [0.25, 0.3) is 0 Å². The van der Waals surface area contributed by atoms with Gasteiger partial charge in [0.2, 0.25) is 0 Å². The van der Waals surface area contributed by atoms with E-state index in [4.69, 9.17) is 9.97 Å². The zero-order valence-corrected chi connectivity index (χ0v) is 21.2. The minimum Gasteiger partial charge on any atom is -0.378 e. The van der Waals surface area contributed by atoms with E-state index in [1.165, 1.54) is 11.4 Å². The van der Waals surface area contributed by atoms with Gasteiger partial charge >= 0.3 is 0 Å². The Labute approximate surface area is 212 Å². The molecule has 0 unspecified atom stereocenters. The van der Waals surface area contributed by atoms with Crippen LogP contribution in [0.1, 0.15) is 22.5 Å². The quantitative estimate of drug-likeness (QED) is 0.245. The maximum Gasteiger partial charge on any atom is 0.0731 e. The van der Waals surface area contributed by atoms with Gasteiger partial charge in [-0.2, -0.15) is 0 Å². The van der Waals surface area contributed by atoms with Gasteiger partial charge in [-0.3, -0.25) is 0 Å². The van der Waals surface area contributed by atoms with Crippen molar-refractivity contribution in [3.63, 3.8) is 0 Å². The molecule has 0 N–H and O–H groups in total. The molecule has 0 saturated heterocycles. The molecule has 36 heavy (non-hydrogen) atoms. The van der Waals surface area contributed by atoms with Crippen molar-refractivity contribution in [3.8, 4) is 0 Å². The first-order valence-electron chi connectivity index (χ1n) is 12.1. The molecule has 0 atom stereocenters. The van der Waals surface area contributed by atoms with Crippen LogP contribution >= 0.6 is 0 Å². The van der Waals surface area contributed by atoms with Crippen LogP contribution < -0.4 is 9.80 Å². The topological polar surface area (TPSA) is 32.3 Å². The molecule has 4 nitrogen and oxygen atoms in total. The van der Waals surface area contributed by atoms with Crippen molar-refractivity contribution < 1.29 is 0 Å². The Hall–Kier alpha value is -4.44. The molecule has 0 aliphatic rings. The number of nitrogens with zero attached hydrogens (tertiary/aromatic N) is 4. The Bertz CT molecular complexity index is 1440. The molecule has 0 fully saturated rings. The van der Waals surface area contributed by atoms with E-state index in [1.807, 2.05) is 28.2 Å². The average Bonchev–Trinajstić information content (AvgIpc) is 2.89. The summed E-state index contributed by atoms with van der Waals surface area (Å²) in [6.45, 7) is 0. The summed E-state index contributed by atoms with van der Waals surface area (Å²) in [7, 11) is 8.19. The average molecular weight is 471 g/mol. The van der Waals surface area contributed by atoms with Crippen LogP contribution in [0.4, 0.5) is 11.4 Å². The second-order valence-electron chi connectivity index (χ2n) is 9.35. The summed E-state index contributed by atoms with van der Waals surface area (Å²) in [6.07, 6.45) is 8.31. The first-order chi connectivity index (χ1) is 17.4. The van der Waals surface area contributed by atoms with Crippen LogP contribution in [0.3, 0.4) is 0 Å². The fraction of sp³-hybridized carbons (Fsp3) is 0.125. The highest BCUT2D eigenvalue weighted by atomic mass is 15.1. The summed E-state index contributed by atoms with van der Waals surface area (Å²) >= 11 is 0. The number of pyridine rings is 2. The molecule has 2 heterocycles. The standard InChI is InChI=1S/C32H30N4/c1-35(2)29-17-7-23(8-18-29)5-13-27-15-11-25-21-26-12-16-28(34-32(26)22-31(25)33-27)14-6-24-9-19-30(20-10-24)36(3)4/h5-22H,1-4H3. The molecule has 5 aromatic rings. The summed E-state index contributed by atoms with van der Waals surface area (Å²) in [5, 5.41) is 2.22. The predicted octanol–water partition coefficient (Wildman–Crippen LogP) is 7.26. The van der Waals surface area contributed by atoms with Crippen molar-refractivity contribution in [2.45, 2.75) is 0 Å². The Kier molecular flexibility index (Phi) is 6.50. The lowest BCUT2D eigenvalue weighted by Crippen LogP contribution is -2.07. The highest BCUT2D eigenvalue weighted by Gasteiger charge is 2.03. The van der Waals surface area contributed by atoms with Gasteiger partial charge in [0.15, 0.2) is 0 Å². The molecular formula is C32H30N4. The van der Waals surface area contributed by atoms with Crippen LogP contribution in [-0.4, -0.2) is 38.2 Å². The highest BCUT2D eigenvalue weighted by molar-refractivity contribution is 5.95. The number of rotatable bonds is 6. The Balaban J connectivity index is 1.39. The van der Waals surface area contributed by atoms with Gasteiger partial charge < -0.3 is 9.80 Å². The van der Waals surface area contributed by atoms with Crippen LogP contribution in [0.2, 0.25) is 0 Å². The molecule has 0 amide bonds. The Morgan fingerprint density at radius 2 is 0.889 bits per heavy atom. The number of hydrogen-bond donors (Lipinski definition) is 0. The zero-order chi connectivity index (χ0) is 25.1. The fourth-order valence-corrected chi connectivity index (χ4v) is 4.09. The molecule has 0 aliphatic heterocycles. The molecule has 0 bridgehead atoms. The van der Waals surface area contributed by atoms with Gasteiger partial charge in [-0.05, 0) is 71.8 Å². The number of anilines is 2. The van der Waals surface area contributed by atoms with E-state index in [2.05, 4.69) is 119 Å². The van der Waals surface area contributed by atoms with Crippen LogP contribution in [0.5, 0.6) is 0 Å². The van der Waals surface area contributed by atoms with Crippen molar-refractivity contribution in [1.29, 1.82) is 0 Å². The van der Waals surface area contributed by atoms with E-state index in [0.717, 1.165) is 44.3 Å². The second-order valence-corrected chi connectivity index (χ2v) is 9.35. The fourth-order valence-electron chi connectivity index (χ4n) is 4.09. The van der Waals surface area contributed by atoms with Gasteiger partial charge in [0.1, 0.15) is 0 Å². The molecular weight excluding hydrogens is 440 g/mol. The van der Waals surface area contributed by atoms with Crippen molar-refractivity contribution in [2.75, 3.05) is 38.0 Å². The van der Waals surface area contributed by atoms with Gasteiger partial charge in [-0.25, -0.2) is 9.97 Å². The first kappa shape index (κ1) is 23.3. The minimum atomic E-state index is 0.927. The van der Waals surface area contributed by atoms with Crippen LogP contribution in [0.25, 0.3) is 46.1 Å². The lowest BCUT2D eigenvalue weighted by atomic mass is 10.1. The van der Waals surface area contributed by atoms with Crippen LogP contribution in [-0.2, 0) is 0 Å². The van der Waals surface area contributed by atoms with Crippen molar-refractivity contribution in [1.82, 2.24) is 9.97 Å². The van der Waals surface area contributed by atoms with Crippen molar-refractivity contribution in [2.24, 2.45) is 0 Å². The predicted molar refractivity (Wildman–Crippen MR) is 156 cm³/mol. The summed E-state index contributed by atoms with van der Waals surface area (Å²) in [4.78, 5) is 13.9. The van der Waals surface area contributed by atoms with E-state index in [-0.39, 0.29) is 0 Å². The second kappa shape index (κ2) is 10.0. The summed E-state index contributed by atoms with van der Waals surface area (Å²) in [6, 6.07) is 29.6. The van der Waals surface area contributed by atoms with Gasteiger partial charge in [-0.1, -0.05) is 48.6 Å². The third-order valence-electron chi connectivity index (χ3n) is 6.25. The van der Waals surface area contributed by atoms with E-state index in [9.17, 15) is 0 Å². The third-order valence-corrected chi connectivity index (χ3v) is 6.25. The molecule has 3 aromatic carbocycles. The molecule has 0 aliphatic carbocycles. The Morgan fingerprint density at radius 1 is 0.472 bits per heavy atom. The van der Waals surface area contributed by atoms with Gasteiger partial charge in [-0.15, -0.1) is 0 Å². The number of hydrogen-bond acceptors (Lipinski definition) is 4. The molecule has 178 valence electrons. The number of aromatic nitrogens is 2. The largest absolute Gasteiger partial charge is 0.378 e. The monoisotopic (exact) mass is 470 g/mol. The maximum absolute atomic E-state index is 4.87. The minimum absolute atomic E-state index is 0.927. The van der Waals surface area contributed by atoms with Crippen molar-refractivity contribution in [3.05, 3.63) is 107 Å². The van der Waals surface area contributed by atoms with Gasteiger partial charge in [0, 0.05) is 50.3 Å². The van der Waals surface area contributed by atoms with Gasteiger partial charge in [0.05, 0.1) is 22.4 Å². The SMILES string of the molecule is CN(C)c1ccc(C=Cc2ccc3cc4ccc(C=Cc5ccc(N(C)C)cc5)nc4cc3n2)cc1. The normalized spacial score (nSPS) is 11.7. The van der Waals surface area contributed by atoms with Crippen LogP contribution in [0.15, 0.2) is 84.9 Å². The lowest BCUT2D eigenvalue weighted by molar-refractivity contribution is 1.13. The summed E-state index contributed by atoms with van der Waals surface area (Å²) in [5.74, 6) is 0. The Morgan fingerprint density at radius 3 is 1.28 bits per heavy atom. The van der Waals surface area contributed by atoms with Crippen LogP contribution in [0, 0.1) is 0 Å².